The van der Waals surface area contributed by atoms with E-state index in [0.29, 0.717) is 18.7 Å². The third-order valence-corrected chi connectivity index (χ3v) is 7.23. The molecule has 2 aliphatic rings. The smallest absolute Gasteiger partial charge is 0.251 e. The van der Waals surface area contributed by atoms with Gasteiger partial charge in [0.05, 0.1) is 11.0 Å². The van der Waals surface area contributed by atoms with E-state index in [-0.39, 0.29) is 23.5 Å². The number of amides is 1. The normalized spacial score (nSPS) is 19.0. The van der Waals surface area contributed by atoms with E-state index in [1.165, 1.54) is 25.0 Å². The maximum atomic E-state index is 12.7. The van der Waals surface area contributed by atoms with Crippen molar-refractivity contribution < 1.29 is 17.9 Å². The number of nitrogens with zero attached hydrogens (tertiary/aromatic N) is 1. The number of ether oxygens (including phenoxy) is 1. The molecule has 166 valence electrons. The van der Waals surface area contributed by atoms with Crippen molar-refractivity contribution in [1.82, 2.24) is 10.0 Å². The molecule has 1 atom stereocenters. The van der Waals surface area contributed by atoms with Crippen LogP contribution in [-0.4, -0.2) is 46.7 Å². The number of anilines is 1. The van der Waals surface area contributed by atoms with Crippen LogP contribution < -0.4 is 14.9 Å². The summed E-state index contributed by atoms with van der Waals surface area (Å²) in [6, 6.07) is 14.2. The molecule has 2 aromatic rings. The molecular formula is C23H29N3O4S. The number of hydrogen-bond donors (Lipinski definition) is 2. The van der Waals surface area contributed by atoms with Gasteiger partial charge in [0.1, 0.15) is 0 Å². The van der Waals surface area contributed by atoms with Gasteiger partial charge in [0.25, 0.3) is 5.91 Å². The van der Waals surface area contributed by atoms with Crippen molar-refractivity contribution in [2.75, 3.05) is 31.1 Å². The summed E-state index contributed by atoms with van der Waals surface area (Å²) in [7, 11) is -3.71. The fourth-order valence-electron chi connectivity index (χ4n) is 4.10. The molecule has 1 unspecified atom stereocenters. The van der Waals surface area contributed by atoms with Crippen LogP contribution in [0.5, 0.6) is 0 Å². The van der Waals surface area contributed by atoms with Crippen molar-refractivity contribution in [3.8, 4) is 0 Å². The van der Waals surface area contributed by atoms with E-state index in [1.807, 2.05) is 18.2 Å². The summed E-state index contributed by atoms with van der Waals surface area (Å²) in [6.45, 7) is 3.36. The predicted molar refractivity (Wildman–Crippen MR) is 120 cm³/mol. The Morgan fingerprint density at radius 3 is 2.65 bits per heavy atom. The molecule has 0 radical (unpaired) electrons. The highest BCUT2D eigenvalue weighted by atomic mass is 32.2. The van der Waals surface area contributed by atoms with Crippen molar-refractivity contribution in [1.29, 1.82) is 0 Å². The molecule has 2 aromatic carbocycles. The second-order valence-corrected chi connectivity index (χ2v) is 9.79. The summed E-state index contributed by atoms with van der Waals surface area (Å²) in [5, 5.41) is 2.93. The SMILES string of the molecule is O=C(NCc1ccccc1N1CCCC1)c1cccc(S(=O)(=O)NCC2CCCO2)c1. The fourth-order valence-corrected chi connectivity index (χ4v) is 5.21. The molecule has 2 aliphatic heterocycles. The number of carbonyl (C=O) groups is 1. The van der Waals surface area contributed by atoms with E-state index in [2.05, 4.69) is 21.0 Å². The van der Waals surface area contributed by atoms with E-state index < -0.39 is 10.0 Å². The number of para-hydroxylation sites is 1. The minimum absolute atomic E-state index is 0.0793. The molecular weight excluding hydrogens is 414 g/mol. The second-order valence-electron chi connectivity index (χ2n) is 8.02. The lowest BCUT2D eigenvalue weighted by atomic mass is 10.1. The Hall–Kier alpha value is -2.42. The van der Waals surface area contributed by atoms with Gasteiger partial charge in [-0.25, -0.2) is 13.1 Å². The van der Waals surface area contributed by atoms with Crippen LogP contribution in [0.4, 0.5) is 5.69 Å². The Kier molecular flexibility index (Phi) is 6.89. The van der Waals surface area contributed by atoms with Gasteiger partial charge in [0, 0.05) is 44.0 Å². The first-order chi connectivity index (χ1) is 15.0. The fraction of sp³-hybridized carbons (Fsp3) is 0.435. The number of hydrogen-bond acceptors (Lipinski definition) is 5. The monoisotopic (exact) mass is 443 g/mol. The highest BCUT2D eigenvalue weighted by molar-refractivity contribution is 7.89. The number of rotatable bonds is 8. The van der Waals surface area contributed by atoms with Crippen LogP contribution in [0.25, 0.3) is 0 Å². The van der Waals surface area contributed by atoms with Crippen LogP contribution in [0.2, 0.25) is 0 Å². The number of nitrogens with one attached hydrogen (secondary N) is 2. The lowest BCUT2D eigenvalue weighted by molar-refractivity contribution is 0.0950. The van der Waals surface area contributed by atoms with Gasteiger partial charge in [0.2, 0.25) is 10.0 Å². The number of sulfonamides is 1. The van der Waals surface area contributed by atoms with Crippen LogP contribution in [0.15, 0.2) is 53.4 Å². The van der Waals surface area contributed by atoms with Gasteiger partial charge in [-0.15, -0.1) is 0 Å². The first-order valence-electron chi connectivity index (χ1n) is 10.9. The first-order valence-corrected chi connectivity index (χ1v) is 12.3. The van der Waals surface area contributed by atoms with Crippen molar-refractivity contribution in [2.45, 2.75) is 43.2 Å². The first kappa shape index (κ1) is 21.8. The molecule has 0 saturated carbocycles. The summed E-state index contributed by atoms with van der Waals surface area (Å²) in [6.07, 6.45) is 4.08. The summed E-state index contributed by atoms with van der Waals surface area (Å²) in [5.41, 5.74) is 2.52. The largest absolute Gasteiger partial charge is 0.377 e. The minimum atomic E-state index is -3.71. The molecule has 0 spiro atoms. The molecule has 2 N–H and O–H groups in total. The van der Waals surface area contributed by atoms with Gasteiger partial charge in [-0.2, -0.15) is 0 Å². The molecule has 4 rings (SSSR count). The molecule has 0 aromatic heterocycles. The van der Waals surface area contributed by atoms with E-state index >= 15 is 0 Å². The van der Waals surface area contributed by atoms with Crippen LogP contribution in [0, 0.1) is 0 Å². The van der Waals surface area contributed by atoms with Gasteiger partial charge in [-0.3, -0.25) is 4.79 Å². The van der Waals surface area contributed by atoms with E-state index in [4.69, 9.17) is 4.74 Å². The van der Waals surface area contributed by atoms with Crippen LogP contribution in [0.3, 0.4) is 0 Å². The molecule has 0 aliphatic carbocycles. The molecule has 2 saturated heterocycles. The standard InChI is InChI=1S/C23H29N3O4S/c27-23(24-16-19-7-1-2-11-22(19)26-12-3-4-13-26)18-8-5-10-21(15-18)31(28,29)25-17-20-9-6-14-30-20/h1-2,5,7-8,10-11,15,20,25H,3-4,6,9,12-14,16-17H2,(H,24,27). The number of benzene rings is 2. The van der Waals surface area contributed by atoms with E-state index in [1.54, 1.807) is 12.1 Å². The molecule has 0 bridgehead atoms. The Morgan fingerprint density at radius 2 is 1.87 bits per heavy atom. The zero-order valence-corrected chi connectivity index (χ0v) is 18.4. The molecule has 2 heterocycles. The molecule has 7 nitrogen and oxygen atoms in total. The second kappa shape index (κ2) is 9.80. The van der Waals surface area contributed by atoms with Crippen molar-refractivity contribution in [3.63, 3.8) is 0 Å². The zero-order valence-electron chi connectivity index (χ0n) is 17.5. The lowest BCUT2D eigenvalue weighted by Gasteiger charge is -2.21. The Balaban J connectivity index is 1.40. The van der Waals surface area contributed by atoms with Gasteiger partial charge >= 0.3 is 0 Å². The quantitative estimate of drug-likeness (QED) is 0.655. The third kappa shape index (κ3) is 5.44. The van der Waals surface area contributed by atoms with E-state index in [0.717, 1.165) is 37.2 Å². The minimum Gasteiger partial charge on any atom is -0.377 e. The highest BCUT2D eigenvalue weighted by Crippen LogP contribution is 2.24. The van der Waals surface area contributed by atoms with Crippen molar-refractivity contribution >= 4 is 21.6 Å². The Bertz CT molecular complexity index is 1010. The van der Waals surface area contributed by atoms with E-state index in [9.17, 15) is 13.2 Å². The van der Waals surface area contributed by atoms with Gasteiger partial charge in [-0.1, -0.05) is 24.3 Å². The summed E-state index contributed by atoms with van der Waals surface area (Å²) in [4.78, 5) is 15.2. The van der Waals surface area contributed by atoms with Crippen LogP contribution in [-0.2, 0) is 21.3 Å². The molecule has 8 heteroatoms. The summed E-state index contributed by atoms with van der Waals surface area (Å²) in [5.74, 6) is -0.299. The molecule has 1 amide bonds. The maximum Gasteiger partial charge on any atom is 0.251 e. The van der Waals surface area contributed by atoms with Crippen molar-refractivity contribution in [3.05, 3.63) is 59.7 Å². The van der Waals surface area contributed by atoms with Gasteiger partial charge < -0.3 is 15.0 Å². The van der Waals surface area contributed by atoms with Gasteiger partial charge in [0.15, 0.2) is 0 Å². The summed E-state index contributed by atoms with van der Waals surface area (Å²) < 4.78 is 33.3. The molecule has 31 heavy (non-hydrogen) atoms. The maximum absolute atomic E-state index is 12.7. The van der Waals surface area contributed by atoms with Crippen LogP contribution in [0.1, 0.15) is 41.6 Å². The Labute approximate surface area is 183 Å². The summed E-state index contributed by atoms with van der Waals surface area (Å²) >= 11 is 0. The molecule has 2 fully saturated rings. The topological polar surface area (TPSA) is 87.7 Å². The van der Waals surface area contributed by atoms with Crippen LogP contribution >= 0.6 is 0 Å². The third-order valence-electron chi connectivity index (χ3n) is 5.81. The Morgan fingerprint density at radius 1 is 1.06 bits per heavy atom. The average Bonchev–Trinajstić information content (AvgIpc) is 3.51. The van der Waals surface area contributed by atoms with Gasteiger partial charge in [-0.05, 0) is 55.5 Å². The highest BCUT2D eigenvalue weighted by Gasteiger charge is 2.21. The lowest BCUT2D eigenvalue weighted by Crippen LogP contribution is -2.32. The predicted octanol–water partition coefficient (Wildman–Crippen LogP) is 2.67. The average molecular weight is 444 g/mol. The zero-order chi connectivity index (χ0) is 21.7. The number of carbonyl (C=O) groups excluding carboxylic acids is 1. The van der Waals surface area contributed by atoms with Crippen molar-refractivity contribution in [2.24, 2.45) is 0 Å².